The largest absolute Gasteiger partial charge is 0.387 e. The first-order chi connectivity index (χ1) is 6.22. The van der Waals surface area contributed by atoms with Crippen molar-refractivity contribution in [2.24, 2.45) is 0 Å². The van der Waals surface area contributed by atoms with Crippen LogP contribution in [0, 0.1) is 0 Å². The van der Waals surface area contributed by atoms with Crippen molar-refractivity contribution in [3.8, 4) is 0 Å². The van der Waals surface area contributed by atoms with Crippen molar-refractivity contribution in [2.45, 2.75) is 57.1 Å². The zero-order chi connectivity index (χ0) is 10.8. The molecular formula is C9H17NO4. The molecule has 2 fully saturated rings. The fourth-order valence-corrected chi connectivity index (χ4v) is 2.45. The molecule has 0 radical (unpaired) electrons. The van der Waals surface area contributed by atoms with Gasteiger partial charge in [0.2, 0.25) is 5.79 Å². The van der Waals surface area contributed by atoms with Crippen molar-refractivity contribution in [3.05, 3.63) is 0 Å². The monoisotopic (exact) mass is 203 g/mol. The van der Waals surface area contributed by atoms with Gasteiger partial charge in [0.25, 0.3) is 0 Å². The lowest BCUT2D eigenvalue weighted by Gasteiger charge is -2.50. The molecule has 3 atom stereocenters. The van der Waals surface area contributed by atoms with Crippen molar-refractivity contribution in [2.75, 3.05) is 0 Å². The summed E-state index contributed by atoms with van der Waals surface area (Å²) < 4.78 is 0. The van der Waals surface area contributed by atoms with Crippen LogP contribution in [0.25, 0.3) is 0 Å². The number of aliphatic hydroxyl groups is 2. The average Bonchev–Trinajstić information content (AvgIpc) is 2.17. The molecule has 14 heavy (non-hydrogen) atoms. The van der Waals surface area contributed by atoms with E-state index in [2.05, 4.69) is 0 Å². The Morgan fingerprint density at radius 2 is 1.86 bits per heavy atom. The molecule has 0 aromatic heterocycles. The number of hydrogen-bond donors (Lipinski definition) is 2. The summed E-state index contributed by atoms with van der Waals surface area (Å²) in [6, 6.07) is 0. The fraction of sp³-hybridized carbons (Fsp3) is 1.00. The highest BCUT2D eigenvalue weighted by Crippen LogP contribution is 2.50. The molecule has 2 rings (SSSR count). The van der Waals surface area contributed by atoms with Crippen LogP contribution in [0.15, 0.2) is 0 Å². The summed E-state index contributed by atoms with van der Waals surface area (Å²) in [4.78, 5) is 9.86. The first-order valence-electron chi connectivity index (χ1n) is 4.78. The number of hydrogen-bond acceptors (Lipinski definition) is 5. The van der Waals surface area contributed by atoms with Gasteiger partial charge in [-0.15, -0.1) is 10.1 Å². The lowest BCUT2D eigenvalue weighted by atomic mass is 9.76. The minimum Gasteiger partial charge on any atom is -0.387 e. The first kappa shape index (κ1) is 10.3. The second-order valence-electron chi connectivity index (χ2n) is 5.24. The maximum Gasteiger partial charge on any atom is 0.247 e. The molecule has 2 N–H and O–H groups in total. The minimum atomic E-state index is -1.64. The predicted octanol–water partition coefficient (Wildman–Crippen LogP) is 0.176. The molecule has 0 aromatic rings. The second-order valence-corrected chi connectivity index (χ2v) is 5.24. The summed E-state index contributed by atoms with van der Waals surface area (Å²) in [5.41, 5.74) is -1.11. The summed E-state index contributed by atoms with van der Waals surface area (Å²) >= 11 is 0. The van der Waals surface area contributed by atoms with E-state index in [0.29, 0.717) is 6.42 Å². The fourth-order valence-electron chi connectivity index (χ4n) is 2.45. The molecule has 0 saturated carbocycles. The molecule has 2 saturated heterocycles. The number of nitrogens with zero attached hydrogens (tertiary/aromatic N) is 1. The molecule has 3 unspecified atom stereocenters. The third-order valence-electron chi connectivity index (χ3n) is 3.32. The van der Waals surface area contributed by atoms with Crippen LogP contribution >= 0.6 is 0 Å². The number of piperidine rings is 1. The van der Waals surface area contributed by atoms with Gasteiger partial charge in [-0.2, -0.15) is 4.89 Å². The number of rotatable bonds is 0. The highest BCUT2D eigenvalue weighted by molar-refractivity contribution is 5.09. The van der Waals surface area contributed by atoms with E-state index >= 15 is 0 Å². The molecule has 0 aliphatic carbocycles. The third-order valence-corrected chi connectivity index (χ3v) is 3.32. The Morgan fingerprint density at radius 3 is 2.43 bits per heavy atom. The van der Waals surface area contributed by atoms with Crippen molar-refractivity contribution >= 4 is 0 Å². The topological polar surface area (TPSA) is 62.2 Å². The van der Waals surface area contributed by atoms with Gasteiger partial charge < -0.3 is 10.2 Å². The standard InChI is InChI=1S/C9H17NO4/c1-7(2)5-6(11)9(12)8(3,4)10(7)14-13-9/h6,11-12H,5H2,1-4H3. The van der Waals surface area contributed by atoms with E-state index in [0.717, 1.165) is 0 Å². The van der Waals surface area contributed by atoms with Gasteiger partial charge in [-0.25, -0.2) is 0 Å². The van der Waals surface area contributed by atoms with Crippen LogP contribution in [0.4, 0.5) is 0 Å². The summed E-state index contributed by atoms with van der Waals surface area (Å²) in [5, 5.41) is 21.6. The van der Waals surface area contributed by atoms with Gasteiger partial charge in [0, 0.05) is 5.54 Å². The molecule has 0 spiro atoms. The molecule has 5 heteroatoms. The van der Waals surface area contributed by atoms with Gasteiger partial charge in [0.1, 0.15) is 11.6 Å². The van der Waals surface area contributed by atoms with Gasteiger partial charge in [-0.1, -0.05) is 0 Å². The van der Waals surface area contributed by atoms with Crippen molar-refractivity contribution in [1.29, 1.82) is 0 Å². The molecule has 2 bridgehead atoms. The summed E-state index contributed by atoms with van der Waals surface area (Å²) in [7, 11) is 0. The molecular weight excluding hydrogens is 186 g/mol. The molecule has 2 aliphatic rings. The van der Waals surface area contributed by atoms with Crippen LogP contribution in [0.1, 0.15) is 34.1 Å². The number of fused-ring (bicyclic) bond motifs is 2. The normalized spacial score (nSPS) is 49.3. The zero-order valence-corrected chi connectivity index (χ0v) is 8.94. The first-order valence-corrected chi connectivity index (χ1v) is 4.78. The van der Waals surface area contributed by atoms with Crippen LogP contribution in [0.3, 0.4) is 0 Å². The van der Waals surface area contributed by atoms with Crippen molar-refractivity contribution < 1.29 is 20.1 Å². The molecule has 0 amide bonds. The van der Waals surface area contributed by atoms with E-state index in [4.69, 9.17) is 9.88 Å². The van der Waals surface area contributed by atoms with E-state index in [-0.39, 0.29) is 5.54 Å². The maximum absolute atomic E-state index is 10.1. The maximum atomic E-state index is 10.1. The highest BCUT2D eigenvalue weighted by atomic mass is 17.3. The third kappa shape index (κ3) is 0.963. The minimum absolute atomic E-state index is 0.356. The Bertz CT molecular complexity index is 266. The molecule has 2 aliphatic heterocycles. The van der Waals surface area contributed by atoms with E-state index in [1.807, 2.05) is 13.8 Å². The van der Waals surface area contributed by atoms with Gasteiger partial charge in [-0.3, -0.25) is 0 Å². The van der Waals surface area contributed by atoms with Crippen molar-refractivity contribution in [3.63, 3.8) is 0 Å². The van der Waals surface area contributed by atoms with Crippen LogP contribution in [-0.4, -0.2) is 38.2 Å². The summed E-state index contributed by atoms with van der Waals surface area (Å²) in [6.07, 6.45) is -0.529. The van der Waals surface area contributed by atoms with E-state index < -0.39 is 17.4 Å². The lowest BCUT2D eigenvalue weighted by Crippen LogP contribution is -2.69. The van der Waals surface area contributed by atoms with Crippen LogP contribution in [0.2, 0.25) is 0 Å². The second kappa shape index (κ2) is 2.48. The van der Waals surface area contributed by atoms with Crippen LogP contribution in [-0.2, 0) is 9.88 Å². The van der Waals surface area contributed by atoms with E-state index in [1.165, 1.54) is 0 Å². The van der Waals surface area contributed by atoms with Gasteiger partial charge in [0.05, 0.1) is 0 Å². The Kier molecular flexibility index (Phi) is 1.83. The Labute approximate surface area is 83.1 Å². The highest BCUT2D eigenvalue weighted by Gasteiger charge is 2.68. The van der Waals surface area contributed by atoms with E-state index in [9.17, 15) is 10.2 Å². The number of hydroxylamine groups is 2. The van der Waals surface area contributed by atoms with E-state index in [1.54, 1.807) is 18.9 Å². The van der Waals surface area contributed by atoms with Crippen LogP contribution < -0.4 is 0 Å². The lowest BCUT2D eigenvalue weighted by molar-refractivity contribution is -0.437. The quantitative estimate of drug-likeness (QED) is 0.550. The van der Waals surface area contributed by atoms with Gasteiger partial charge in [0.15, 0.2) is 0 Å². The van der Waals surface area contributed by atoms with Gasteiger partial charge in [-0.05, 0) is 34.1 Å². The molecule has 82 valence electrons. The average molecular weight is 203 g/mol. The SMILES string of the molecule is CC1(C)CC(O)C2(O)OON1C2(C)C. The number of aliphatic hydroxyl groups excluding tert-OH is 1. The van der Waals surface area contributed by atoms with Gasteiger partial charge >= 0.3 is 0 Å². The Hall–Kier alpha value is -0.200. The zero-order valence-electron chi connectivity index (χ0n) is 8.94. The Morgan fingerprint density at radius 1 is 1.29 bits per heavy atom. The van der Waals surface area contributed by atoms with Crippen molar-refractivity contribution in [1.82, 2.24) is 5.06 Å². The molecule has 0 aromatic carbocycles. The smallest absolute Gasteiger partial charge is 0.247 e. The molecule has 5 nitrogen and oxygen atoms in total. The predicted molar refractivity (Wildman–Crippen MR) is 47.7 cm³/mol. The molecule has 2 heterocycles. The summed E-state index contributed by atoms with van der Waals surface area (Å²) in [6.45, 7) is 7.44. The van der Waals surface area contributed by atoms with Crippen LogP contribution in [0.5, 0.6) is 0 Å². The summed E-state index contributed by atoms with van der Waals surface area (Å²) in [5.74, 6) is -1.64. The Balaban J connectivity index is 2.46.